The standard InChI is InChI=1S/C15H24N4O/c20-15(4-1-11-5-7-16-8-6-11)18-13-2-3-14-12(9-13)10-17-19-14/h10-11,13,16H,1-9H2,(H,17,19)(H,18,20). The van der Waals surface area contributed by atoms with Crippen LogP contribution in [0.2, 0.25) is 0 Å². The predicted molar refractivity (Wildman–Crippen MR) is 77.4 cm³/mol. The number of nitrogens with one attached hydrogen (secondary N) is 3. The number of hydrogen-bond donors (Lipinski definition) is 3. The number of H-pyrrole nitrogens is 1. The van der Waals surface area contributed by atoms with Crippen molar-refractivity contribution in [2.75, 3.05) is 13.1 Å². The number of aromatic nitrogens is 2. The Balaban J connectivity index is 1.41. The third-order valence-electron chi connectivity index (χ3n) is 4.62. The van der Waals surface area contributed by atoms with Gasteiger partial charge < -0.3 is 10.6 Å². The van der Waals surface area contributed by atoms with Gasteiger partial charge in [0.25, 0.3) is 0 Å². The monoisotopic (exact) mass is 276 g/mol. The van der Waals surface area contributed by atoms with Crippen molar-refractivity contribution in [3.05, 3.63) is 17.5 Å². The average Bonchev–Trinajstić information content (AvgIpc) is 2.94. The van der Waals surface area contributed by atoms with Crippen LogP contribution in [-0.4, -0.2) is 35.2 Å². The largest absolute Gasteiger partial charge is 0.353 e. The Morgan fingerprint density at radius 1 is 1.35 bits per heavy atom. The summed E-state index contributed by atoms with van der Waals surface area (Å²) in [6, 6.07) is 0.292. The van der Waals surface area contributed by atoms with Gasteiger partial charge >= 0.3 is 0 Å². The first-order valence-electron chi connectivity index (χ1n) is 7.82. The molecule has 0 saturated carbocycles. The van der Waals surface area contributed by atoms with Gasteiger partial charge in [0, 0.05) is 18.2 Å². The van der Waals surface area contributed by atoms with Crippen molar-refractivity contribution < 1.29 is 4.79 Å². The van der Waals surface area contributed by atoms with Crippen molar-refractivity contribution in [1.82, 2.24) is 20.8 Å². The molecular weight excluding hydrogens is 252 g/mol. The molecule has 1 amide bonds. The molecule has 3 rings (SSSR count). The molecule has 1 aromatic heterocycles. The number of piperidine rings is 1. The number of aromatic amines is 1. The molecule has 0 spiro atoms. The van der Waals surface area contributed by atoms with E-state index in [0.29, 0.717) is 12.5 Å². The molecule has 0 radical (unpaired) electrons. The van der Waals surface area contributed by atoms with Crippen molar-refractivity contribution in [2.24, 2.45) is 5.92 Å². The van der Waals surface area contributed by atoms with Crippen molar-refractivity contribution in [1.29, 1.82) is 0 Å². The Bertz CT molecular complexity index is 450. The molecule has 1 atom stereocenters. The lowest BCUT2D eigenvalue weighted by molar-refractivity contribution is -0.122. The maximum atomic E-state index is 12.1. The van der Waals surface area contributed by atoms with Crippen molar-refractivity contribution in [3.8, 4) is 0 Å². The molecule has 3 N–H and O–H groups in total. The number of nitrogens with zero attached hydrogens (tertiary/aromatic N) is 1. The third kappa shape index (κ3) is 3.39. The van der Waals surface area contributed by atoms with Gasteiger partial charge in [-0.3, -0.25) is 9.89 Å². The summed E-state index contributed by atoms with van der Waals surface area (Å²) < 4.78 is 0. The van der Waals surface area contributed by atoms with Crippen molar-refractivity contribution in [3.63, 3.8) is 0 Å². The van der Waals surface area contributed by atoms with Crippen LogP contribution in [0.5, 0.6) is 0 Å². The molecule has 1 unspecified atom stereocenters. The molecule has 2 aliphatic rings. The van der Waals surface area contributed by atoms with Gasteiger partial charge in [-0.05, 0) is 63.1 Å². The SMILES string of the molecule is O=C(CCC1CCNCC1)NC1CCc2[nH]ncc2C1. The number of hydrogen-bond acceptors (Lipinski definition) is 3. The van der Waals surface area contributed by atoms with Crippen LogP contribution in [0.1, 0.15) is 43.4 Å². The smallest absolute Gasteiger partial charge is 0.220 e. The first kappa shape index (κ1) is 13.6. The van der Waals surface area contributed by atoms with Crippen LogP contribution in [0.3, 0.4) is 0 Å². The van der Waals surface area contributed by atoms with Crippen LogP contribution in [0, 0.1) is 5.92 Å². The van der Waals surface area contributed by atoms with Crippen LogP contribution in [0.15, 0.2) is 6.20 Å². The fourth-order valence-corrected chi connectivity index (χ4v) is 3.34. The van der Waals surface area contributed by atoms with Crippen molar-refractivity contribution >= 4 is 5.91 Å². The zero-order chi connectivity index (χ0) is 13.8. The summed E-state index contributed by atoms with van der Waals surface area (Å²) in [5.74, 6) is 0.953. The van der Waals surface area contributed by atoms with E-state index in [1.54, 1.807) is 0 Å². The molecule has 0 bridgehead atoms. The van der Waals surface area contributed by atoms with E-state index in [1.165, 1.54) is 24.1 Å². The predicted octanol–water partition coefficient (Wildman–Crippen LogP) is 1.16. The minimum atomic E-state index is 0.223. The van der Waals surface area contributed by atoms with Crippen LogP contribution < -0.4 is 10.6 Å². The molecule has 1 fully saturated rings. The van der Waals surface area contributed by atoms with Gasteiger partial charge in [0.05, 0.1) is 6.20 Å². The van der Waals surface area contributed by atoms with E-state index in [0.717, 1.165) is 44.7 Å². The Morgan fingerprint density at radius 3 is 3.05 bits per heavy atom. The first-order valence-corrected chi connectivity index (χ1v) is 7.82. The number of amides is 1. The molecule has 1 aliphatic heterocycles. The van der Waals surface area contributed by atoms with Crippen LogP contribution in [0.25, 0.3) is 0 Å². The topological polar surface area (TPSA) is 69.8 Å². The molecule has 5 heteroatoms. The Kier molecular flexibility index (Phi) is 4.35. The molecule has 110 valence electrons. The minimum Gasteiger partial charge on any atom is -0.353 e. The summed E-state index contributed by atoms with van der Waals surface area (Å²) in [6.07, 6.45) is 8.98. The van der Waals surface area contributed by atoms with E-state index in [9.17, 15) is 4.79 Å². The lowest BCUT2D eigenvalue weighted by Gasteiger charge is -2.24. The Labute approximate surface area is 119 Å². The van der Waals surface area contributed by atoms with E-state index >= 15 is 0 Å². The highest BCUT2D eigenvalue weighted by Gasteiger charge is 2.22. The number of carbonyl (C=O) groups is 1. The van der Waals surface area contributed by atoms with Gasteiger partial charge in [-0.15, -0.1) is 0 Å². The van der Waals surface area contributed by atoms with E-state index in [4.69, 9.17) is 0 Å². The average molecular weight is 276 g/mol. The number of fused-ring (bicyclic) bond motifs is 1. The van der Waals surface area contributed by atoms with Crippen LogP contribution >= 0.6 is 0 Å². The third-order valence-corrected chi connectivity index (χ3v) is 4.62. The number of carbonyl (C=O) groups excluding carboxylic acids is 1. The van der Waals surface area contributed by atoms with Gasteiger partial charge in [-0.2, -0.15) is 5.10 Å². The minimum absolute atomic E-state index is 0.223. The molecule has 20 heavy (non-hydrogen) atoms. The molecule has 1 saturated heterocycles. The van der Waals surface area contributed by atoms with Gasteiger partial charge in [0.15, 0.2) is 0 Å². The Hall–Kier alpha value is -1.36. The summed E-state index contributed by atoms with van der Waals surface area (Å²) >= 11 is 0. The fourth-order valence-electron chi connectivity index (χ4n) is 3.34. The summed E-state index contributed by atoms with van der Waals surface area (Å²) in [4.78, 5) is 12.1. The van der Waals surface area contributed by atoms with Gasteiger partial charge in [0.2, 0.25) is 5.91 Å². The molecular formula is C15H24N4O. The zero-order valence-electron chi connectivity index (χ0n) is 12.0. The summed E-state index contributed by atoms with van der Waals surface area (Å²) in [5.41, 5.74) is 2.50. The second kappa shape index (κ2) is 6.39. The summed E-state index contributed by atoms with van der Waals surface area (Å²) in [7, 11) is 0. The normalized spacial score (nSPS) is 23.3. The zero-order valence-corrected chi connectivity index (χ0v) is 12.0. The molecule has 0 aromatic carbocycles. The lowest BCUT2D eigenvalue weighted by Crippen LogP contribution is -2.39. The molecule has 5 nitrogen and oxygen atoms in total. The van der Waals surface area contributed by atoms with Crippen LogP contribution in [-0.2, 0) is 17.6 Å². The van der Waals surface area contributed by atoms with Gasteiger partial charge in [0.1, 0.15) is 0 Å². The van der Waals surface area contributed by atoms with E-state index in [1.807, 2.05) is 6.20 Å². The van der Waals surface area contributed by atoms with Gasteiger partial charge in [-0.1, -0.05) is 0 Å². The first-order chi connectivity index (χ1) is 9.81. The second-order valence-corrected chi connectivity index (χ2v) is 6.11. The summed E-state index contributed by atoms with van der Waals surface area (Å²) in [5, 5.41) is 13.7. The highest BCUT2D eigenvalue weighted by atomic mass is 16.1. The highest BCUT2D eigenvalue weighted by molar-refractivity contribution is 5.76. The quantitative estimate of drug-likeness (QED) is 0.773. The van der Waals surface area contributed by atoms with E-state index in [-0.39, 0.29) is 5.91 Å². The van der Waals surface area contributed by atoms with Crippen LogP contribution in [0.4, 0.5) is 0 Å². The maximum absolute atomic E-state index is 12.1. The number of rotatable bonds is 4. The van der Waals surface area contributed by atoms with Gasteiger partial charge in [-0.25, -0.2) is 0 Å². The summed E-state index contributed by atoms with van der Waals surface area (Å²) in [6.45, 7) is 2.22. The second-order valence-electron chi connectivity index (χ2n) is 6.11. The Morgan fingerprint density at radius 2 is 2.20 bits per heavy atom. The van der Waals surface area contributed by atoms with Crippen molar-refractivity contribution in [2.45, 2.75) is 51.0 Å². The highest BCUT2D eigenvalue weighted by Crippen LogP contribution is 2.20. The molecule has 1 aliphatic carbocycles. The van der Waals surface area contributed by atoms with E-state index < -0.39 is 0 Å². The fraction of sp³-hybridized carbons (Fsp3) is 0.733. The maximum Gasteiger partial charge on any atom is 0.220 e. The molecule has 2 heterocycles. The van der Waals surface area contributed by atoms with E-state index in [2.05, 4.69) is 20.8 Å². The number of aryl methyl sites for hydroxylation is 1. The molecule has 1 aromatic rings. The lowest BCUT2D eigenvalue weighted by atomic mass is 9.92.